The number of amides is 1. The molecular weight excluding hydrogens is 312 g/mol. The zero-order chi connectivity index (χ0) is 17.8. The highest BCUT2D eigenvalue weighted by Crippen LogP contribution is 2.40. The maximum Gasteiger partial charge on any atom is 0.254 e. The van der Waals surface area contributed by atoms with Crippen molar-refractivity contribution >= 4 is 5.91 Å². The molecule has 0 radical (unpaired) electrons. The molecule has 2 heterocycles. The minimum Gasteiger partial charge on any atom is -0.380 e. The zero-order valence-electron chi connectivity index (χ0n) is 15.7. The second kappa shape index (κ2) is 5.82. The average Bonchev–Trinajstić information content (AvgIpc) is 3.10. The zero-order valence-corrected chi connectivity index (χ0v) is 15.7. The van der Waals surface area contributed by atoms with E-state index >= 15 is 0 Å². The third-order valence-corrected chi connectivity index (χ3v) is 6.09. The lowest BCUT2D eigenvalue weighted by molar-refractivity contribution is -0.143. The second-order valence-electron chi connectivity index (χ2n) is 9.11. The third-order valence-electron chi connectivity index (χ3n) is 6.09. The van der Waals surface area contributed by atoms with E-state index in [2.05, 4.69) is 38.2 Å². The number of nitrogens with one attached hydrogen (secondary N) is 1. The van der Waals surface area contributed by atoms with E-state index in [1.165, 1.54) is 28.7 Å². The van der Waals surface area contributed by atoms with Crippen LogP contribution >= 0.6 is 0 Å². The van der Waals surface area contributed by atoms with Crippen LogP contribution in [0.3, 0.4) is 0 Å². The van der Waals surface area contributed by atoms with Gasteiger partial charge in [0, 0.05) is 19.1 Å². The number of nitrogens with zero attached hydrogens (tertiary/aromatic N) is 1. The van der Waals surface area contributed by atoms with Crippen molar-refractivity contribution in [2.45, 2.75) is 76.5 Å². The summed E-state index contributed by atoms with van der Waals surface area (Å²) in [5, 5.41) is 13.9. The van der Waals surface area contributed by atoms with Gasteiger partial charge in [0.15, 0.2) is 0 Å². The monoisotopic (exact) mass is 342 g/mol. The largest absolute Gasteiger partial charge is 0.380 e. The van der Waals surface area contributed by atoms with Gasteiger partial charge in [-0.25, -0.2) is 0 Å². The molecule has 4 heteroatoms. The summed E-state index contributed by atoms with van der Waals surface area (Å²) in [6, 6.07) is 5.11. The fraction of sp³-hybridized carbons (Fsp3) is 0.667. The average molecular weight is 342 g/mol. The second-order valence-corrected chi connectivity index (χ2v) is 9.11. The molecule has 0 spiro atoms. The van der Waals surface area contributed by atoms with E-state index in [0.717, 1.165) is 25.9 Å². The molecule has 0 bridgehead atoms. The standard InChI is InChI=1S/C21H30N2O2/c1-20(2,3)15-11-14-6-10-23(19(24)21(25)7-8-21)13-17(14)16(12-15)18-5-4-9-22-18/h11-12,18,22,25H,4-10,13H2,1-3H3/t18-/m0/s1. The van der Waals surface area contributed by atoms with E-state index < -0.39 is 5.60 Å². The molecule has 3 aliphatic rings. The lowest BCUT2D eigenvalue weighted by Gasteiger charge is -2.34. The first-order valence-electron chi connectivity index (χ1n) is 9.69. The fourth-order valence-electron chi connectivity index (χ4n) is 4.19. The van der Waals surface area contributed by atoms with Crippen LogP contribution in [0.5, 0.6) is 0 Å². The van der Waals surface area contributed by atoms with E-state index in [0.29, 0.717) is 25.4 Å². The van der Waals surface area contributed by atoms with Gasteiger partial charge in [-0.05, 0) is 66.3 Å². The normalized spacial score (nSPS) is 25.0. The summed E-state index contributed by atoms with van der Waals surface area (Å²) < 4.78 is 0. The molecule has 4 rings (SSSR count). The van der Waals surface area contributed by atoms with E-state index in [4.69, 9.17) is 0 Å². The molecule has 1 atom stereocenters. The molecule has 25 heavy (non-hydrogen) atoms. The Kier molecular flexibility index (Phi) is 3.97. The van der Waals surface area contributed by atoms with Crippen molar-refractivity contribution in [1.82, 2.24) is 10.2 Å². The summed E-state index contributed by atoms with van der Waals surface area (Å²) in [6.45, 7) is 9.24. The molecule has 1 saturated carbocycles. The van der Waals surface area contributed by atoms with Gasteiger partial charge in [-0.15, -0.1) is 0 Å². The van der Waals surface area contributed by atoms with Crippen molar-refractivity contribution in [2.75, 3.05) is 13.1 Å². The predicted molar refractivity (Wildman–Crippen MR) is 98.4 cm³/mol. The highest BCUT2D eigenvalue weighted by Gasteiger charge is 2.50. The molecule has 136 valence electrons. The van der Waals surface area contributed by atoms with Crippen molar-refractivity contribution in [3.63, 3.8) is 0 Å². The number of rotatable bonds is 2. The molecule has 0 aromatic heterocycles. The molecule has 1 aliphatic carbocycles. The predicted octanol–water partition coefficient (Wildman–Crippen LogP) is 2.82. The number of aliphatic hydroxyl groups is 1. The summed E-state index contributed by atoms with van der Waals surface area (Å²) in [6.07, 6.45) is 4.50. The van der Waals surface area contributed by atoms with Gasteiger partial charge in [-0.3, -0.25) is 4.79 Å². The highest BCUT2D eigenvalue weighted by molar-refractivity contribution is 5.88. The van der Waals surface area contributed by atoms with Crippen molar-refractivity contribution in [2.24, 2.45) is 0 Å². The minimum atomic E-state index is -1.06. The van der Waals surface area contributed by atoms with Gasteiger partial charge in [0.1, 0.15) is 5.60 Å². The molecule has 1 aromatic rings. The molecule has 1 saturated heterocycles. The third kappa shape index (κ3) is 3.11. The summed E-state index contributed by atoms with van der Waals surface area (Å²) >= 11 is 0. The Labute approximate surface area is 150 Å². The van der Waals surface area contributed by atoms with E-state index in [9.17, 15) is 9.90 Å². The topological polar surface area (TPSA) is 52.6 Å². The lowest BCUT2D eigenvalue weighted by Crippen LogP contribution is -2.43. The van der Waals surface area contributed by atoms with Crippen LogP contribution in [0.25, 0.3) is 0 Å². The van der Waals surface area contributed by atoms with Crippen LogP contribution in [-0.4, -0.2) is 34.6 Å². The van der Waals surface area contributed by atoms with Gasteiger partial charge in [0.25, 0.3) is 5.91 Å². The van der Waals surface area contributed by atoms with E-state index in [1.54, 1.807) is 0 Å². The minimum absolute atomic E-state index is 0.0663. The van der Waals surface area contributed by atoms with Crippen molar-refractivity contribution in [3.8, 4) is 0 Å². The van der Waals surface area contributed by atoms with Crippen LogP contribution < -0.4 is 5.32 Å². The number of carbonyl (C=O) groups excluding carboxylic acids is 1. The molecule has 1 amide bonds. The van der Waals surface area contributed by atoms with E-state index in [1.807, 2.05) is 4.90 Å². The number of carbonyl (C=O) groups is 1. The number of hydrogen-bond acceptors (Lipinski definition) is 3. The Hall–Kier alpha value is -1.39. The number of hydrogen-bond donors (Lipinski definition) is 2. The fourth-order valence-corrected chi connectivity index (χ4v) is 4.19. The van der Waals surface area contributed by atoms with Crippen molar-refractivity contribution in [3.05, 3.63) is 34.4 Å². The maximum absolute atomic E-state index is 12.6. The first-order chi connectivity index (χ1) is 11.8. The summed E-state index contributed by atoms with van der Waals surface area (Å²) in [7, 11) is 0. The molecule has 0 unspecified atom stereocenters. The summed E-state index contributed by atoms with van der Waals surface area (Å²) in [5.74, 6) is -0.0663. The van der Waals surface area contributed by atoms with Crippen molar-refractivity contribution < 1.29 is 9.90 Å². The van der Waals surface area contributed by atoms with Crippen LogP contribution in [0.4, 0.5) is 0 Å². The highest BCUT2D eigenvalue weighted by atomic mass is 16.3. The van der Waals surface area contributed by atoms with Crippen LogP contribution in [0.1, 0.15) is 74.8 Å². The van der Waals surface area contributed by atoms with Gasteiger partial charge < -0.3 is 15.3 Å². The Bertz CT molecular complexity index is 695. The van der Waals surface area contributed by atoms with Crippen LogP contribution in [0.2, 0.25) is 0 Å². The Morgan fingerprint density at radius 3 is 2.68 bits per heavy atom. The van der Waals surface area contributed by atoms with Gasteiger partial charge in [-0.2, -0.15) is 0 Å². The Morgan fingerprint density at radius 1 is 1.32 bits per heavy atom. The first kappa shape index (κ1) is 17.0. The summed E-state index contributed by atoms with van der Waals surface area (Å²) in [5.41, 5.74) is 4.53. The van der Waals surface area contributed by atoms with Gasteiger partial charge >= 0.3 is 0 Å². The Balaban J connectivity index is 1.71. The van der Waals surface area contributed by atoms with Crippen LogP contribution in [0, 0.1) is 0 Å². The molecule has 2 fully saturated rings. The van der Waals surface area contributed by atoms with Crippen LogP contribution in [0.15, 0.2) is 12.1 Å². The first-order valence-corrected chi connectivity index (χ1v) is 9.69. The van der Waals surface area contributed by atoms with Crippen molar-refractivity contribution in [1.29, 1.82) is 0 Å². The maximum atomic E-state index is 12.6. The van der Waals surface area contributed by atoms with Gasteiger partial charge in [-0.1, -0.05) is 32.9 Å². The number of benzene rings is 1. The summed E-state index contributed by atoms with van der Waals surface area (Å²) in [4.78, 5) is 14.5. The smallest absolute Gasteiger partial charge is 0.254 e. The lowest BCUT2D eigenvalue weighted by atomic mass is 9.80. The molecule has 2 N–H and O–H groups in total. The molecular formula is C21H30N2O2. The van der Waals surface area contributed by atoms with E-state index in [-0.39, 0.29) is 11.3 Å². The number of fused-ring (bicyclic) bond motifs is 1. The van der Waals surface area contributed by atoms with Crippen LogP contribution in [-0.2, 0) is 23.2 Å². The molecule has 1 aromatic carbocycles. The quantitative estimate of drug-likeness (QED) is 0.869. The van der Waals surface area contributed by atoms with Gasteiger partial charge in [0.05, 0.1) is 0 Å². The SMILES string of the molecule is CC(C)(C)c1cc2c(c([C@@H]3CCCN3)c1)CN(C(=O)C1(O)CC1)CC2. The molecule has 4 nitrogen and oxygen atoms in total. The van der Waals surface area contributed by atoms with Gasteiger partial charge in [0.2, 0.25) is 0 Å². The molecule has 2 aliphatic heterocycles. The Morgan fingerprint density at radius 2 is 2.08 bits per heavy atom.